The Morgan fingerprint density at radius 1 is 1.18 bits per heavy atom. The average molecular weight is 469 g/mol. The van der Waals surface area contributed by atoms with Gasteiger partial charge in [-0.05, 0) is 57.0 Å². The third kappa shape index (κ3) is 4.53. The predicted octanol–water partition coefficient (Wildman–Crippen LogP) is 4.16. The number of pyridine rings is 1. The Kier molecular flexibility index (Phi) is 6.56. The number of ether oxygens (including phenoxy) is 2. The molecule has 2 heterocycles. The van der Waals surface area contributed by atoms with Gasteiger partial charge in [0, 0.05) is 24.7 Å². The first-order valence-corrected chi connectivity index (χ1v) is 12.5. The van der Waals surface area contributed by atoms with Crippen molar-refractivity contribution in [3.8, 4) is 5.75 Å². The molecule has 4 rings (SSSR count). The van der Waals surface area contributed by atoms with Gasteiger partial charge in [-0.15, -0.1) is 0 Å². The van der Waals surface area contributed by atoms with Crippen molar-refractivity contribution in [1.29, 1.82) is 0 Å². The van der Waals surface area contributed by atoms with Crippen LogP contribution in [0.25, 0.3) is 10.9 Å². The van der Waals surface area contributed by atoms with Crippen LogP contribution in [0, 0.1) is 12.8 Å². The number of nitrogens with zero attached hydrogens (tertiary/aromatic N) is 2. The topological polar surface area (TPSA) is 85.8 Å². The molecule has 7 nitrogen and oxygen atoms in total. The number of benzene rings is 2. The maximum atomic E-state index is 13.7. The molecule has 0 bridgehead atoms. The molecule has 3 aromatic rings. The number of aryl methyl sites for hydroxylation is 1. The number of rotatable bonds is 6. The maximum absolute atomic E-state index is 13.7. The first-order chi connectivity index (χ1) is 15.8. The third-order valence-electron chi connectivity index (χ3n) is 5.99. The third-order valence-corrected chi connectivity index (χ3v) is 7.76. The SMILES string of the molecule is CCOC(=O)C1CCCN(c2c(S(=O)(=O)c3ccc(C)cc3)cnc3ccc(OC)cc23)C1. The van der Waals surface area contributed by atoms with Gasteiger partial charge in [0.1, 0.15) is 10.6 Å². The summed E-state index contributed by atoms with van der Waals surface area (Å²) in [6, 6.07) is 12.2. The highest BCUT2D eigenvalue weighted by atomic mass is 32.2. The minimum absolute atomic E-state index is 0.122. The minimum Gasteiger partial charge on any atom is -0.497 e. The highest BCUT2D eigenvalue weighted by Gasteiger charge is 2.32. The molecular weight excluding hydrogens is 440 g/mol. The van der Waals surface area contributed by atoms with E-state index in [1.807, 2.05) is 17.9 Å². The Morgan fingerprint density at radius 3 is 2.64 bits per heavy atom. The molecule has 1 unspecified atom stereocenters. The number of hydrogen-bond acceptors (Lipinski definition) is 7. The summed E-state index contributed by atoms with van der Waals surface area (Å²) in [4.78, 5) is 19.2. The number of carbonyl (C=O) groups is 1. The van der Waals surface area contributed by atoms with Crippen molar-refractivity contribution < 1.29 is 22.7 Å². The number of carbonyl (C=O) groups excluding carboxylic acids is 1. The van der Waals surface area contributed by atoms with Crippen molar-refractivity contribution in [2.45, 2.75) is 36.5 Å². The zero-order chi connectivity index (χ0) is 23.6. The fourth-order valence-electron chi connectivity index (χ4n) is 4.27. The van der Waals surface area contributed by atoms with Gasteiger partial charge >= 0.3 is 5.97 Å². The molecule has 1 aromatic heterocycles. The number of fused-ring (bicyclic) bond motifs is 1. The Hall–Kier alpha value is -3.13. The van der Waals surface area contributed by atoms with Gasteiger partial charge in [-0.25, -0.2) is 8.42 Å². The Labute approximate surface area is 194 Å². The lowest BCUT2D eigenvalue weighted by Gasteiger charge is -2.35. The molecule has 0 amide bonds. The van der Waals surface area contributed by atoms with Gasteiger partial charge < -0.3 is 14.4 Å². The second-order valence-electron chi connectivity index (χ2n) is 8.21. The second kappa shape index (κ2) is 9.39. The minimum atomic E-state index is -3.86. The monoisotopic (exact) mass is 468 g/mol. The summed E-state index contributed by atoms with van der Waals surface area (Å²) in [6.45, 7) is 5.02. The van der Waals surface area contributed by atoms with Crippen molar-refractivity contribution in [3.05, 3.63) is 54.2 Å². The van der Waals surface area contributed by atoms with Gasteiger partial charge in [0.2, 0.25) is 9.84 Å². The number of methoxy groups -OCH3 is 1. The van der Waals surface area contributed by atoms with E-state index >= 15 is 0 Å². The highest BCUT2D eigenvalue weighted by molar-refractivity contribution is 7.91. The van der Waals surface area contributed by atoms with Crippen LogP contribution in [0.3, 0.4) is 0 Å². The van der Waals surface area contributed by atoms with Crippen molar-refractivity contribution in [1.82, 2.24) is 4.98 Å². The van der Waals surface area contributed by atoms with Crippen LogP contribution in [0.5, 0.6) is 5.75 Å². The molecule has 0 saturated carbocycles. The molecule has 1 saturated heterocycles. The summed E-state index contributed by atoms with van der Waals surface area (Å²) in [5.74, 6) is 0.0397. The van der Waals surface area contributed by atoms with E-state index in [1.54, 1.807) is 50.4 Å². The molecule has 0 N–H and O–H groups in total. The number of hydrogen-bond donors (Lipinski definition) is 0. The van der Waals surface area contributed by atoms with Crippen LogP contribution in [0.2, 0.25) is 0 Å². The molecule has 174 valence electrons. The second-order valence-corrected chi connectivity index (χ2v) is 10.1. The van der Waals surface area contributed by atoms with Gasteiger partial charge in [-0.2, -0.15) is 0 Å². The standard InChI is InChI=1S/C25H28N2O5S/c1-4-32-25(28)18-6-5-13-27(16-18)24-21-14-19(31-3)9-12-22(21)26-15-23(24)33(29,30)20-10-7-17(2)8-11-20/h7-12,14-15,18H,4-6,13,16H2,1-3H3. The van der Waals surface area contributed by atoms with Crippen LogP contribution in [0.1, 0.15) is 25.3 Å². The lowest BCUT2D eigenvalue weighted by molar-refractivity contribution is -0.148. The zero-order valence-corrected chi connectivity index (χ0v) is 19.9. The van der Waals surface area contributed by atoms with E-state index in [9.17, 15) is 13.2 Å². The predicted molar refractivity (Wildman–Crippen MR) is 126 cm³/mol. The quantitative estimate of drug-likeness (QED) is 0.502. The van der Waals surface area contributed by atoms with E-state index in [-0.39, 0.29) is 21.7 Å². The molecular formula is C25H28N2O5S. The van der Waals surface area contributed by atoms with Gasteiger partial charge in [-0.1, -0.05) is 17.7 Å². The highest BCUT2D eigenvalue weighted by Crippen LogP contribution is 2.39. The van der Waals surface area contributed by atoms with E-state index in [0.717, 1.165) is 12.0 Å². The molecule has 0 spiro atoms. The normalized spacial score (nSPS) is 16.6. The van der Waals surface area contributed by atoms with Crippen LogP contribution in [-0.4, -0.2) is 46.2 Å². The molecule has 0 radical (unpaired) electrons. The van der Waals surface area contributed by atoms with E-state index in [4.69, 9.17) is 9.47 Å². The van der Waals surface area contributed by atoms with E-state index in [2.05, 4.69) is 4.98 Å². The van der Waals surface area contributed by atoms with Crippen LogP contribution < -0.4 is 9.64 Å². The molecule has 1 aliphatic heterocycles. The molecule has 0 aliphatic carbocycles. The molecule has 1 atom stereocenters. The van der Waals surface area contributed by atoms with Crippen LogP contribution in [-0.2, 0) is 19.4 Å². The summed E-state index contributed by atoms with van der Waals surface area (Å²) in [7, 11) is -2.29. The fraction of sp³-hybridized carbons (Fsp3) is 0.360. The van der Waals surface area contributed by atoms with E-state index in [1.165, 1.54) is 6.20 Å². The summed E-state index contributed by atoms with van der Waals surface area (Å²) in [6.07, 6.45) is 2.89. The number of esters is 1. The van der Waals surface area contributed by atoms with Crippen molar-refractivity contribution >= 4 is 32.4 Å². The number of anilines is 1. The molecule has 1 aliphatic rings. The van der Waals surface area contributed by atoms with Crippen molar-refractivity contribution in [3.63, 3.8) is 0 Å². The molecule has 8 heteroatoms. The smallest absolute Gasteiger partial charge is 0.310 e. The van der Waals surface area contributed by atoms with Crippen LogP contribution >= 0.6 is 0 Å². The summed E-state index contributed by atoms with van der Waals surface area (Å²) in [5, 5.41) is 0.673. The van der Waals surface area contributed by atoms with Gasteiger partial charge in [0.15, 0.2) is 0 Å². The fourth-order valence-corrected chi connectivity index (χ4v) is 5.70. The van der Waals surface area contributed by atoms with E-state index in [0.29, 0.717) is 48.5 Å². The summed E-state index contributed by atoms with van der Waals surface area (Å²) in [5.41, 5.74) is 2.18. The van der Waals surface area contributed by atoms with Crippen LogP contribution in [0.15, 0.2) is 58.5 Å². The maximum Gasteiger partial charge on any atom is 0.310 e. The lowest BCUT2D eigenvalue weighted by atomic mass is 9.97. The Morgan fingerprint density at radius 2 is 1.94 bits per heavy atom. The largest absolute Gasteiger partial charge is 0.497 e. The number of sulfone groups is 1. The Balaban J connectivity index is 1.90. The van der Waals surface area contributed by atoms with Crippen molar-refractivity contribution in [2.24, 2.45) is 5.92 Å². The van der Waals surface area contributed by atoms with Crippen molar-refractivity contribution in [2.75, 3.05) is 31.7 Å². The van der Waals surface area contributed by atoms with Gasteiger partial charge in [0.05, 0.1) is 35.7 Å². The summed E-state index contributed by atoms with van der Waals surface area (Å²) < 4.78 is 38.1. The first-order valence-electron chi connectivity index (χ1n) is 11.0. The zero-order valence-electron chi connectivity index (χ0n) is 19.1. The van der Waals surface area contributed by atoms with E-state index < -0.39 is 9.84 Å². The van der Waals surface area contributed by atoms with Crippen LogP contribution in [0.4, 0.5) is 5.69 Å². The first kappa shape index (κ1) is 23.0. The molecule has 2 aromatic carbocycles. The number of piperidine rings is 1. The molecule has 1 fully saturated rings. The number of aromatic nitrogens is 1. The van der Waals surface area contributed by atoms with Gasteiger partial charge in [-0.3, -0.25) is 9.78 Å². The lowest BCUT2D eigenvalue weighted by Crippen LogP contribution is -2.40. The molecule has 33 heavy (non-hydrogen) atoms. The van der Waals surface area contributed by atoms with Gasteiger partial charge in [0.25, 0.3) is 0 Å². The average Bonchev–Trinajstić information content (AvgIpc) is 2.83. The Bertz CT molecular complexity index is 1270. The summed E-state index contributed by atoms with van der Waals surface area (Å²) >= 11 is 0.